The van der Waals surface area contributed by atoms with E-state index in [9.17, 15) is 8.60 Å². The number of aliphatic imine (C=N–C) groups is 1. The maximum Gasteiger partial charge on any atom is 0.208 e. The standard InChI is InChI=1S/C22H20FN3OS/c23-19-11-5-4-9-18(19)15-24-22-25-21-17(10-6-12-20(21)28(27)26-22)14-13-16-7-2-1-3-8-16/h1-12H,13-15H2,(H2,24,25,26). The second kappa shape index (κ2) is 8.35. The maximum absolute atomic E-state index is 13.8. The molecule has 6 heteroatoms. The van der Waals surface area contributed by atoms with Crippen LogP contribution in [0.15, 0.2) is 82.7 Å². The summed E-state index contributed by atoms with van der Waals surface area (Å²) in [5.74, 6) is 0.0916. The molecule has 1 aliphatic heterocycles. The lowest BCUT2D eigenvalue weighted by Crippen LogP contribution is -2.37. The molecule has 3 aromatic carbocycles. The van der Waals surface area contributed by atoms with Crippen molar-refractivity contribution in [3.05, 3.63) is 95.3 Å². The number of para-hydroxylation sites is 1. The number of nitrogens with zero attached hydrogens (tertiary/aromatic N) is 1. The minimum atomic E-state index is -1.40. The van der Waals surface area contributed by atoms with Gasteiger partial charge in [-0.25, -0.2) is 13.6 Å². The molecule has 3 aromatic rings. The average molecular weight is 393 g/mol. The van der Waals surface area contributed by atoms with E-state index < -0.39 is 11.0 Å². The van der Waals surface area contributed by atoms with Crippen molar-refractivity contribution in [1.82, 2.24) is 4.72 Å². The second-order valence-electron chi connectivity index (χ2n) is 6.53. The van der Waals surface area contributed by atoms with Gasteiger partial charge in [-0.2, -0.15) is 0 Å². The molecule has 28 heavy (non-hydrogen) atoms. The number of halogens is 1. The SMILES string of the molecule is O=S1NC(=NCc2ccccc2F)Nc2c(CCc3ccccc3)cccc21. The molecule has 0 spiro atoms. The Kier molecular flexibility index (Phi) is 5.48. The van der Waals surface area contributed by atoms with E-state index in [0.717, 1.165) is 24.1 Å². The van der Waals surface area contributed by atoms with Crippen LogP contribution in [-0.2, 0) is 30.4 Å². The van der Waals surface area contributed by atoms with Crippen LogP contribution in [0.25, 0.3) is 0 Å². The molecule has 4 rings (SSSR count). The van der Waals surface area contributed by atoms with Crippen molar-refractivity contribution in [2.75, 3.05) is 5.32 Å². The lowest BCUT2D eigenvalue weighted by Gasteiger charge is -2.23. The third-order valence-corrected chi connectivity index (χ3v) is 5.75. The van der Waals surface area contributed by atoms with Gasteiger partial charge in [0.2, 0.25) is 5.96 Å². The van der Waals surface area contributed by atoms with Crippen LogP contribution in [-0.4, -0.2) is 10.2 Å². The van der Waals surface area contributed by atoms with E-state index >= 15 is 0 Å². The Balaban J connectivity index is 1.55. The van der Waals surface area contributed by atoms with Crippen LogP contribution in [0.1, 0.15) is 16.7 Å². The Morgan fingerprint density at radius 3 is 2.43 bits per heavy atom. The number of hydrogen-bond donors (Lipinski definition) is 2. The molecule has 142 valence electrons. The van der Waals surface area contributed by atoms with Gasteiger partial charge in [0.05, 0.1) is 17.1 Å². The first-order chi connectivity index (χ1) is 13.7. The van der Waals surface area contributed by atoms with Crippen LogP contribution in [0.3, 0.4) is 0 Å². The predicted octanol–water partition coefficient (Wildman–Crippen LogP) is 4.20. The maximum atomic E-state index is 13.8. The summed E-state index contributed by atoms with van der Waals surface area (Å²) in [6, 6.07) is 22.6. The molecule has 0 radical (unpaired) electrons. The molecule has 0 bridgehead atoms. The number of rotatable bonds is 5. The van der Waals surface area contributed by atoms with Crippen LogP contribution in [0.2, 0.25) is 0 Å². The average Bonchev–Trinajstić information content (AvgIpc) is 2.72. The fraction of sp³-hybridized carbons (Fsp3) is 0.136. The molecular weight excluding hydrogens is 373 g/mol. The molecule has 1 heterocycles. The van der Waals surface area contributed by atoms with Gasteiger partial charge in [-0.3, -0.25) is 4.72 Å². The summed E-state index contributed by atoms with van der Waals surface area (Å²) in [5, 5.41) is 3.25. The number of guanidine groups is 1. The van der Waals surface area contributed by atoms with E-state index in [1.807, 2.05) is 36.4 Å². The highest BCUT2D eigenvalue weighted by atomic mass is 32.2. The van der Waals surface area contributed by atoms with Gasteiger partial charge in [-0.15, -0.1) is 0 Å². The number of hydrogen-bond acceptors (Lipinski definition) is 2. The molecule has 0 saturated heterocycles. The third-order valence-electron chi connectivity index (χ3n) is 4.64. The van der Waals surface area contributed by atoms with Crippen LogP contribution in [0.5, 0.6) is 0 Å². The largest absolute Gasteiger partial charge is 0.324 e. The number of benzene rings is 3. The van der Waals surface area contributed by atoms with Crippen molar-refractivity contribution < 1.29 is 8.60 Å². The van der Waals surface area contributed by atoms with Crippen molar-refractivity contribution in [2.45, 2.75) is 24.3 Å². The summed E-state index contributed by atoms with van der Waals surface area (Å²) in [7, 11) is -1.40. The molecule has 0 saturated carbocycles. The monoisotopic (exact) mass is 393 g/mol. The lowest BCUT2D eigenvalue weighted by molar-refractivity contribution is 0.611. The fourth-order valence-corrected chi connectivity index (χ4v) is 4.13. The first-order valence-electron chi connectivity index (χ1n) is 9.10. The molecule has 0 aromatic heterocycles. The van der Waals surface area contributed by atoms with Crippen LogP contribution >= 0.6 is 0 Å². The summed E-state index contributed by atoms with van der Waals surface area (Å²) in [6.07, 6.45) is 1.71. The van der Waals surface area contributed by atoms with E-state index in [1.54, 1.807) is 18.2 Å². The minimum Gasteiger partial charge on any atom is -0.324 e. The molecule has 2 N–H and O–H groups in total. The third kappa shape index (κ3) is 4.12. The normalized spacial score (nSPS) is 16.9. The Morgan fingerprint density at radius 1 is 0.857 bits per heavy atom. The van der Waals surface area contributed by atoms with Crippen molar-refractivity contribution in [1.29, 1.82) is 0 Å². The van der Waals surface area contributed by atoms with Crippen LogP contribution in [0, 0.1) is 5.82 Å². The van der Waals surface area contributed by atoms with Crippen molar-refractivity contribution >= 4 is 22.6 Å². The summed E-state index contributed by atoms with van der Waals surface area (Å²) in [4.78, 5) is 5.09. The smallest absolute Gasteiger partial charge is 0.208 e. The van der Waals surface area contributed by atoms with Gasteiger partial charge in [-0.1, -0.05) is 60.7 Å². The predicted molar refractivity (Wildman–Crippen MR) is 111 cm³/mol. The van der Waals surface area contributed by atoms with Crippen LogP contribution < -0.4 is 10.0 Å². The zero-order valence-corrected chi connectivity index (χ0v) is 16.0. The number of fused-ring (bicyclic) bond motifs is 1. The van der Waals surface area contributed by atoms with Gasteiger partial charge >= 0.3 is 0 Å². The highest BCUT2D eigenvalue weighted by molar-refractivity contribution is 7.84. The van der Waals surface area contributed by atoms with Crippen molar-refractivity contribution in [2.24, 2.45) is 4.99 Å². The van der Waals surface area contributed by atoms with Gasteiger partial charge < -0.3 is 5.32 Å². The lowest BCUT2D eigenvalue weighted by atomic mass is 10.0. The molecule has 1 unspecified atom stereocenters. The van der Waals surface area contributed by atoms with E-state index in [1.165, 1.54) is 11.6 Å². The molecule has 0 aliphatic carbocycles. The summed E-state index contributed by atoms with van der Waals surface area (Å²) < 4.78 is 29.3. The molecule has 4 nitrogen and oxygen atoms in total. The molecule has 1 aliphatic rings. The van der Waals surface area contributed by atoms with Gasteiger partial charge in [0.15, 0.2) is 11.0 Å². The first-order valence-corrected chi connectivity index (χ1v) is 10.2. The van der Waals surface area contributed by atoms with Gasteiger partial charge in [0, 0.05) is 5.56 Å². The van der Waals surface area contributed by atoms with Crippen LogP contribution in [0.4, 0.5) is 10.1 Å². The zero-order chi connectivity index (χ0) is 19.3. The quantitative estimate of drug-likeness (QED) is 0.682. The Hall–Kier alpha value is -2.99. The van der Waals surface area contributed by atoms with Crippen molar-refractivity contribution in [3.63, 3.8) is 0 Å². The summed E-state index contributed by atoms with van der Waals surface area (Å²) >= 11 is 0. The highest BCUT2D eigenvalue weighted by Crippen LogP contribution is 2.28. The van der Waals surface area contributed by atoms with E-state index in [2.05, 4.69) is 27.2 Å². The molecule has 0 fully saturated rings. The zero-order valence-electron chi connectivity index (χ0n) is 15.2. The molecular formula is C22H20FN3OS. The summed E-state index contributed by atoms with van der Waals surface area (Å²) in [5.41, 5.74) is 3.65. The number of aryl methyl sites for hydroxylation is 2. The van der Waals surface area contributed by atoms with E-state index in [-0.39, 0.29) is 12.4 Å². The number of nitrogens with one attached hydrogen (secondary N) is 2. The Morgan fingerprint density at radius 2 is 1.61 bits per heavy atom. The van der Waals surface area contributed by atoms with Crippen molar-refractivity contribution in [3.8, 4) is 0 Å². The summed E-state index contributed by atoms with van der Waals surface area (Å²) in [6.45, 7) is 0.167. The highest BCUT2D eigenvalue weighted by Gasteiger charge is 2.21. The van der Waals surface area contributed by atoms with Gasteiger partial charge in [0.25, 0.3) is 0 Å². The van der Waals surface area contributed by atoms with E-state index in [0.29, 0.717) is 16.4 Å². The minimum absolute atomic E-state index is 0.167. The van der Waals surface area contributed by atoms with Gasteiger partial charge in [0.1, 0.15) is 5.82 Å². The van der Waals surface area contributed by atoms with E-state index in [4.69, 9.17) is 0 Å². The van der Waals surface area contributed by atoms with Gasteiger partial charge in [-0.05, 0) is 36.1 Å². The first kappa shape index (κ1) is 18.4. The number of anilines is 1. The molecule has 0 amide bonds. The fourth-order valence-electron chi connectivity index (χ4n) is 3.15. The Labute approximate surface area is 166 Å². The Bertz CT molecular complexity index is 1040. The topological polar surface area (TPSA) is 53.5 Å². The molecule has 1 atom stereocenters. The second-order valence-corrected chi connectivity index (χ2v) is 7.71.